The second-order valence-corrected chi connectivity index (χ2v) is 4.56. The number of hydrogen-bond acceptors (Lipinski definition) is 3. The lowest BCUT2D eigenvalue weighted by molar-refractivity contribution is -0.120. The van der Waals surface area contributed by atoms with Crippen molar-refractivity contribution >= 4 is 11.6 Å². The minimum atomic E-state index is -0.256. The molecule has 0 saturated heterocycles. The molecule has 16 heavy (non-hydrogen) atoms. The number of nitrogens with zero attached hydrogens (tertiary/aromatic N) is 2. The summed E-state index contributed by atoms with van der Waals surface area (Å²) in [6.07, 6.45) is 6.86. The lowest BCUT2D eigenvalue weighted by atomic mass is 9.75. The average Bonchev–Trinajstić information content (AvgIpc) is 2.27. The van der Waals surface area contributed by atoms with Gasteiger partial charge < -0.3 is 10.6 Å². The van der Waals surface area contributed by atoms with E-state index < -0.39 is 0 Å². The van der Waals surface area contributed by atoms with Crippen molar-refractivity contribution in [3.8, 4) is 0 Å². The predicted molar refractivity (Wildman–Crippen MR) is 63.0 cm³/mol. The zero-order valence-corrected chi connectivity index (χ0v) is 9.52. The number of hydrogen-bond donors (Lipinski definition) is 1. The Kier molecular flexibility index (Phi) is 2.92. The van der Waals surface area contributed by atoms with Gasteiger partial charge in [0.25, 0.3) is 0 Å². The SMILES string of the molecule is CN(C(=O)CC1(N)CCC1)c1cccnc1. The number of carbonyl (C=O) groups is 1. The first-order valence-electron chi connectivity index (χ1n) is 5.56. The van der Waals surface area contributed by atoms with E-state index in [0.717, 1.165) is 24.9 Å². The van der Waals surface area contributed by atoms with E-state index in [1.165, 1.54) is 0 Å². The maximum absolute atomic E-state index is 12.0. The van der Waals surface area contributed by atoms with Gasteiger partial charge in [0.1, 0.15) is 0 Å². The van der Waals surface area contributed by atoms with Gasteiger partial charge >= 0.3 is 0 Å². The van der Waals surface area contributed by atoms with Crippen LogP contribution in [0.3, 0.4) is 0 Å². The summed E-state index contributed by atoms with van der Waals surface area (Å²) in [5.41, 5.74) is 6.62. The van der Waals surface area contributed by atoms with Gasteiger partial charge in [0.05, 0.1) is 11.9 Å². The van der Waals surface area contributed by atoms with Crippen LogP contribution < -0.4 is 10.6 Å². The Morgan fingerprint density at radius 3 is 2.88 bits per heavy atom. The number of rotatable bonds is 3. The quantitative estimate of drug-likeness (QED) is 0.834. The van der Waals surface area contributed by atoms with Crippen LogP contribution in [-0.4, -0.2) is 23.5 Å². The van der Waals surface area contributed by atoms with E-state index in [1.54, 1.807) is 24.3 Å². The second kappa shape index (κ2) is 4.22. The van der Waals surface area contributed by atoms with E-state index in [2.05, 4.69) is 4.98 Å². The van der Waals surface area contributed by atoms with E-state index in [9.17, 15) is 4.79 Å². The third-order valence-electron chi connectivity index (χ3n) is 3.26. The highest BCUT2D eigenvalue weighted by molar-refractivity contribution is 5.93. The molecular weight excluding hydrogens is 202 g/mol. The molecule has 0 bridgehead atoms. The van der Waals surface area contributed by atoms with Crippen LogP contribution in [0, 0.1) is 0 Å². The molecule has 4 nitrogen and oxygen atoms in total. The highest BCUT2D eigenvalue weighted by atomic mass is 16.2. The van der Waals surface area contributed by atoms with Gasteiger partial charge in [-0.1, -0.05) is 0 Å². The number of aromatic nitrogens is 1. The van der Waals surface area contributed by atoms with Gasteiger partial charge in [-0.15, -0.1) is 0 Å². The standard InChI is InChI=1S/C12H17N3O/c1-15(10-4-2-7-14-9-10)11(16)8-12(13)5-3-6-12/h2,4,7,9H,3,5-6,8,13H2,1H3. The molecule has 1 aliphatic rings. The third kappa shape index (κ3) is 2.22. The predicted octanol–water partition coefficient (Wildman–Crippen LogP) is 1.32. The first kappa shape index (κ1) is 11.1. The van der Waals surface area contributed by atoms with Crippen molar-refractivity contribution in [1.82, 2.24) is 4.98 Å². The minimum Gasteiger partial charge on any atom is -0.325 e. The van der Waals surface area contributed by atoms with Gasteiger partial charge in [0, 0.05) is 25.2 Å². The first-order chi connectivity index (χ1) is 7.61. The minimum absolute atomic E-state index is 0.0650. The van der Waals surface area contributed by atoms with E-state index in [0.29, 0.717) is 6.42 Å². The highest BCUT2D eigenvalue weighted by Crippen LogP contribution is 2.32. The Hall–Kier alpha value is -1.42. The number of nitrogens with two attached hydrogens (primary N) is 1. The van der Waals surface area contributed by atoms with Gasteiger partial charge in [-0.05, 0) is 31.4 Å². The molecule has 0 aliphatic heterocycles. The van der Waals surface area contributed by atoms with Crippen LogP contribution in [0.25, 0.3) is 0 Å². The van der Waals surface area contributed by atoms with Crippen molar-refractivity contribution in [2.24, 2.45) is 5.73 Å². The molecule has 86 valence electrons. The van der Waals surface area contributed by atoms with Crippen LogP contribution in [0.4, 0.5) is 5.69 Å². The summed E-state index contributed by atoms with van der Waals surface area (Å²) in [5, 5.41) is 0. The lowest BCUT2D eigenvalue weighted by Gasteiger charge is -2.38. The van der Waals surface area contributed by atoms with Crippen molar-refractivity contribution in [2.45, 2.75) is 31.2 Å². The Morgan fingerprint density at radius 2 is 2.38 bits per heavy atom. The maximum atomic E-state index is 12.0. The number of amides is 1. The molecule has 2 N–H and O–H groups in total. The third-order valence-corrected chi connectivity index (χ3v) is 3.26. The Balaban J connectivity index is 1.99. The average molecular weight is 219 g/mol. The smallest absolute Gasteiger partial charge is 0.228 e. The van der Waals surface area contributed by atoms with Gasteiger partial charge in [-0.2, -0.15) is 0 Å². The zero-order valence-electron chi connectivity index (χ0n) is 9.52. The van der Waals surface area contributed by atoms with Gasteiger partial charge in [-0.25, -0.2) is 0 Å². The Labute approximate surface area is 95.5 Å². The molecule has 0 spiro atoms. The summed E-state index contributed by atoms with van der Waals surface area (Å²) < 4.78 is 0. The van der Waals surface area contributed by atoms with Crippen molar-refractivity contribution in [1.29, 1.82) is 0 Å². The summed E-state index contributed by atoms with van der Waals surface area (Å²) in [6, 6.07) is 3.69. The monoisotopic (exact) mass is 219 g/mol. The Morgan fingerprint density at radius 1 is 1.62 bits per heavy atom. The normalized spacial score (nSPS) is 17.6. The van der Waals surface area contributed by atoms with Crippen LogP contribution >= 0.6 is 0 Å². The molecule has 1 saturated carbocycles. The molecule has 1 fully saturated rings. The fraction of sp³-hybridized carbons (Fsp3) is 0.500. The molecule has 4 heteroatoms. The van der Waals surface area contributed by atoms with Crippen LogP contribution in [0.2, 0.25) is 0 Å². The molecule has 1 amide bonds. The molecule has 0 aromatic carbocycles. The number of carbonyl (C=O) groups excluding carboxylic acids is 1. The van der Waals surface area contributed by atoms with E-state index in [1.807, 2.05) is 12.1 Å². The Bertz CT molecular complexity index is 373. The van der Waals surface area contributed by atoms with Crippen LogP contribution in [0.5, 0.6) is 0 Å². The van der Waals surface area contributed by atoms with E-state index in [-0.39, 0.29) is 11.4 Å². The molecule has 2 rings (SSSR count). The molecule has 1 aliphatic carbocycles. The van der Waals surface area contributed by atoms with Crippen LogP contribution in [0.15, 0.2) is 24.5 Å². The highest BCUT2D eigenvalue weighted by Gasteiger charge is 2.35. The molecule has 1 aromatic heterocycles. The van der Waals surface area contributed by atoms with Gasteiger partial charge in [0.2, 0.25) is 5.91 Å². The van der Waals surface area contributed by atoms with Crippen molar-refractivity contribution in [3.05, 3.63) is 24.5 Å². The zero-order chi connectivity index (χ0) is 11.6. The largest absolute Gasteiger partial charge is 0.325 e. The first-order valence-corrected chi connectivity index (χ1v) is 5.56. The summed E-state index contributed by atoms with van der Waals surface area (Å²) in [6.45, 7) is 0. The number of anilines is 1. The molecule has 1 heterocycles. The van der Waals surface area contributed by atoms with Crippen LogP contribution in [-0.2, 0) is 4.79 Å². The van der Waals surface area contributed by atoms with E-state index >= 15 is 0 Å². The maximum Gasteiger partial charge on any atom is 0.228 e. The topological polar surface area (TPSA) is 59.2 Å². The van der Waals surface area contributed by atoms with Gasteiger partial charge in [0.15, 0.2) is 0 Å². The fourth-order valence-corrected chi connectivity index (χ4v) is 1.92. The number of pyridine rings is 1. The molecule has 0 unspecified atom stereocenters. The molecular formula is C12H17N3O. The van der Waals surface area contributed by atoms with Crippen molar-refractivity contribution in [3.63, 3.8) is 0 Å². The fourth-order valence-electron chi connectivity index (χ4n) is 1.92. The summed E-state index contributed by atoms with van der Waals surface area (Å²) >= 11 is 0. The molecule has 0 atom stereocenters. The molecule has 1 aromatic rings. The summed E-state index contributed by atoms with van der Waals surface area (Å²) in [4.78, 5) is 17.6. The van der Waals surface area contributed by atoms with Crippen LogP contribution in [0.1, 0.15) is 25.7 Å². The summed E-state index contributed by atoms with van der Waals surface area (Å²) in [5.74, 6) is 0.0650. The van der Waals surface area contributed by atoms with Crippen molar-refractivity contribution in [2.75, 3.05) is 11.9 Å². The molecule has 0 radical (unpaired) electrons. The lowest BCUT2D eigenvalue weighted by Crippen LogP contribution is -2.50. The summed E-state index contributed by atoms with van der Waals surface area (Å²) in [7, 11) is 1.77. The van der Waals surface area contributed by atoms with Crippen molar-refractivity contribution < 1.29 is 4.79 Å². The van der Waals surface area contributed by atoms with E-state index in [4.69, 9.17) is 5.73 Å². The van der Waals surface area contributed by atoms with Gasteiger partial charge in [-0.3, -0.25) is 9.78 Å². The second-order valence-electron chi connectivity index (χ2n) is 4.56.